The Hall–Kier alpha value is -2.38. The Morgan fingerprint density at radius 3 is 2.32 bits per heavy atom. The summed E-state index contributed by atoms with van der Waals surface area (Å²) in [5, 5.41) is 0. The van der Waals surface area contributed by atoms with Crippen molar-refractivity contribution in [1.29, 1.82) is 0 Å². The molecule has 1 unspecified atom stereocenters. The van der Waals surface area contributed by atoms with Gasteiger partial charge in [-0.1, -0.05) is 43.7 Å². The average molecular weight is 406 g/mol. The molecule has 0 aliphatic rings. The molecular formula is C21H27NO5S. The molecule has 7 heteroatoms. The Morgan fingerprint density at radius 2 is 1.71 bits per heavy atom. The van der Waals surface area contributed by atoms with Gasteiger partial charge in [-0.2, -0.15) is 4.72 Å². The highest BCUT2D eigenvalue weighted by molar-refractivity contribution is 7.89. The van der Waals surface area contributed by atoms with Gasteiger partial charge in [0.05, 0.1) is 18.1 Å². The molecule has 0 saturated carbocycles. The highest BCUT2D eigenvalue weighted by Crippen LogP contribution is 2.17. The monoisotopic (exact) mass is 405 g/mol. The molecule has 2 aromatic carbocycles. The molecule has 1 N–H and O–H groups in total. The number of carbonyl (C=O) groups is 1. The van der Waals surface area contributed by atoms with Crippen LogP contribution in [0.25, 0.3) is 0 Å². The summed E-state index contributed by atoms with van der Waals surface area (Å²) in [7, 11) is -3.89. The minimum atomic E-state index is -3.89. The van der Waals surface area contributed by atoms with Gasteiger partial charge in [0.25, 0.3) is 0 Å². The van der Waals surface area contributed by atoms with Gasteiger partial charge in [0, 0.05) is 0 Å². The summed E-state index contributed by atoms with van der Waals surface area (Å²) >= 11 is 0. The van der Waals surface area contributed by atoms with Gasteiger partial charge in [-0.15, -0.1) is 0 Å². The van der Waals surface area contributed by atoms with Crippen molar-refractivity contribution in [2.45, 2.75) is 44.0 Å². The fourth-order valence-corrected chi connectivity index (χ4v) is 3.76. The van der Waals surface area contributed by atoms with E-state index >= 15 is 0 Å². The minimum absolute atomic E-state index is 0.0673. The van der Waals surface area contributed by atoms with E-state index in [1.807, 2.05) is 30.3 Å². The van der Waals surface area contributed by atoms with Crippen molar-refractivity contribution in [1.82, 2.24) is 4.72 Å². The molecule has 28 heavy (non-hydrogen) atoms. The summed E-state index contributed by atoms with van der Waals surface area (Å²) in [6.07, 6.45) is 2.16. The van der Waals surface area contributed by atoms with Crippen LogP contribution in [0.4, 0.5) is 0 Å². The zero-order valence-corrected chi connectivity index (χ0v) is 17.1. The Kier molecular flexibility index (Phi) is 8.47. The van der Waals surface area contributed by atoms with Gasteiger partial charge in [-0.3, -0.25) is 4.79 Å². The molecule has 0 radical (unpaired) electrons. The van der Waals surface area contributed by atoms with E-state index in [2.05, 4.69) is 11.6 Å². The molecule has 0 amide bonds. The first-order valence-electron chi connectivity index (χ1n) is 9.42. The molecule has 152 valence electrons. The SMILES string of the molecule is CCCCOc1ccc(S(=O)(=O)NC(Cc2ccccc2)C(=O)OCC)cc1. The highest BCUT2D eigenvalue weighted by Gasteiger charge is 2.27. The second kappa shape index (κ2) is 10.8. The molecular weight excluding hydrogens is 378 g/mol. The van der Waals surface area contributed by atoms with E-state index < -0.39 is 22.0 Å². The largest absolute Gasteiger partial charge is 0.494 e. The summed E-state index contributed by atoms with van der Waals surface area (Å²) in [5.74, 6) is 0.00748. The minimum Gasteiger partial charge on any atom is -0.494 e. The van der Waals surface area contributed by atoms with Gasteiger partial charge < -0.3 is 9.47 Å². The standard InChI is InChI=1S/C21H27NO5S/c1-3-5-15-27-18-11-13-19(14-12-18)28(24,25)22-20(21(23)26-4-2)16-17-9-7-6-8-10-17/h6-14,20,22H,3-5,15-16H2,1-2H3. The maximum atomic E-state index is 12.8. The van der Waals surface area contributed by atoms with Crippen LogP contribution < -0.4 is 9.46 Å². The summed E-state index contributed by atoms with van der Waals surface area (Å²) < 4.78 is 38.6. The fourth-order valence-electron chi connectivity index (χ4n) is 2.57. The van der Waals surface area contributed by atoms with Crippen molar-refractivity contribution >= 4 is 16.0 Å². The smallest absolute Gasteiger partial charge is 0.324 e. The predicted octanol–water partition coefficient (Wildman–Crippen LogP) is 3.32. The van der Waals surface area contributed by atoms with Crippen molar-refractivity contribution < 1.29 is 22.7 Å². The van der Waals surface area contributed by atoms with Crippen molar-refractivity contribution in [3.8, 4) is 5.75 Å². The zero-order chi connectivity index (χ0) is 20.4. The fraction of sp³-hybridized carbons (Fsp3) is 0.381. The number of unbranched alkanes of at least 4 members (excludes halogenated alkanes) is 1. The van der Waals surface area contributed by atoms with E-state index in [9.17, 15) is 13.2 Å². The highest BCUT2D eigenvalue weighted by atomic mass is 32.2. The third kappa shape index (κ3) is 6.65. The molecule has 1 atom stereocenters. The van der Waals surface area contributed by atoms with Crippen LogP contribution in [0, 0.1) is 0 Å². The van der Waals surface area contributed by atoms with E-state index in [-0.39, 0.29) is 17.9 Å². The molecule has 0 aromatic heterocycles. The molecule has 2 rings (SSSR count). The van der Waals surface area contributed by atoms with Gasteiger partial charge >= 0.3 is 5.97 Å². The van der Waals surface area contributed by atoms with Crippen LogP contribution in [-0.4, -0.2) is 33.6 Å². The molecule has 0 heterocycles. The summed E-state index contributed by atoms with van der Waals surface area (Å²) in [4.78, 5) is 12.4. The van der Waals surface area contributed by atoms with Crippen LogP contribution in [0.2, 0.25) is 0 Å². The van der Waals surface area contributed by atoms with E-state index in [0.717, 1.165) is 18.4 Å². The number of ether oxygens (including phenoxy) is 2. The quantitative estimate of drug-likeness (QED) is 0.458. The van der Waals surface area contributed by atoms with Gasteiger partial charge in [0.15, 0.2) is 0 Å². The van der Waals surface area contributed by atoms with Crippen LogP contribution in [0.15, 0.2) is 59.5 Å². The number of esters is 1. The van der Waals surface area contributed by atoms with Gasteiger partial charge in [-0.25, -0.2) is 8.42 Å². The Balaban J connectivity index is 2.13. The number of nitrogens with one attached hydrogen (secondary N) is 1. The third-order valence-electron chi connectivity index (χ3n) is 4.05. The number of hydrogen-bond acceptors (Lipinski definition) is 5. The third-order valence-corrected chi connectivity index (χ3v) is 5.54. The second-order valence-electron chi connectivity index (χ2n) is 6.29. The van der Waals surface area contributed by atoms with Crippen molar-refractivity contribution in [3.05, 3.63) is 60.2 Å². The first-order valence-corrected chi connectivity index (χ1v) is 10.9. The van der Waals surface area contributed by atoms with Gasteiger partial charge in [0.1, 0.15) is 11.8 Å². The van der Waals surface area contributed by atoms with Gasteiger partial charge in [-0.05, 0) is 49.6 Å². The van der Waals surface area contributed by atoms with Crippen LogP contribution in [-0.2, 0) is 26.0 Å². The Morgan fingerprint density at radius 1 is 1.04 bits per heavy atom. The van der Waals surface area contributed by atoms with Crippen molar-refractivity contribution in [2.75, 3.05) is 13.2 Å². The zero-order valence-electron chi connectivity index (χ0n) is 16.3. The van der Waals surface area contributed by atoms with Gasteiger partial charge in [0.2, 0.25) is 10.0 Å². The predicted molar refractivity (Wildman–Crippen MR) is 108 cm³/mol. The molecule has 0 bridgehead atoms. The van der Waals surface area contributed by atoms with Crippen LogP contribution in [0.3, 0.4) is 0 Å². The number of benzene rings is 2. The maximum Gasteiger partial charge on any atom is 0.324 e. The first-order chi connectivity index (χ1) is 13.5. The normalized spacial score (nSPS) is 12.4. The summed E-state index contributed by atoms with van der Waals surface area (Å²) in [5.41, 5.74) is 0.836. The average Bonchev–Trinajstić information content (AvgIpc) is 2.69. The molecule has 2 aromatic rings. The maximum absolute atomic E-state index is 12.8. The van der Waals surface area contributed by atoms with E-state index in [4.69, 9.17) is 9.47 Å². The second-order valence-corrected chi connectivity index (χ2v) is 8.00. The summed E-state index contributed by atoms with van der Waals surface area (Å²) in [6, 6.07) is 14.4. The number of sulfonamides is 1. The van der Waals surface area contributed by atoms with Crippen LogP contribution in [0.5, 0.6) is 5.75 Å². The summed E-state index contributed by atoms with van der Waals surface area (Å²) in [6.45, 7) is 4.52. The lowest BCUT2D eigenvalue weighted by Gasteiger charge is -2.18. The lowest BCUT2D eigenvalue weighted by Crippen LogP contribution is -2.43. The Labute approximate surface area is 166 Å². The van der Waals surface area contributed by atoms with Crippen molar-refractivity contribution in [3.63, 3.8) is 0 Å². The lowest BCUT2D eigenvalue weighted by atomic mass is 10.1. The molecule has 0 aliphatic heterocycles. The number of hydrogen-bond donors (Lipinski definition) is 1. The van der Waals surface area contributed by atoms with E-state index in [1.165, 1.54) is 12.1 Å². The van der Waals surface area contributed by atoms with Crippen molar-refractivity contribution in [2.24, 2.45) is 0 Å². The lowest BCUT2D eigenvalue weighted by molar-refractivity contribution is -0.145. The number of carbonyl (C=O) groups excluding carboxylic acids is 1. The molecule has 0 spiro atoms. The van der Waals surface area contributed by atoms with Crippen LogP contribution >= 0.6 is 0 Å². The Bertz CT molecular complexity index is 835. The number of rotatable bonds is 11. The molecule has 0 aliphatic carbocycles. The molecule has 6 nitrogen and oxygen atoms in total. The first kappa shape index (κ1) is 21.9. The van der Waals surface area contributed by atoms with Crippen LogP contribution in [0.1, 0.15) is 32.3 Å². The molecule has 0 fully saturated rings. The van der Waals surface area contributed by atoms with E-state index in [0.29, 0.717) is 12.4 Å². The van der Waals surface area contributed by atoms with E-state index in [1.54, 1.807) is 19.1 Å². The molecule has 0 saturated heterocycles. The topological polar surface area (TPSA) is 81.7 Å².